The monoisotopic (exact) mass is 420 g/mol. The standard InChI is InChI=1S/C25H40O5/c1-15-10-11-18-24(2,3)12-9-13-25(18,4)20(15)21(26)19-22(29-7)16(27-5)14-17(28-6)23(19)30-8/h14-15,18,20-21,26H,9-13H2,1-8H3/t15-,18-,20+,21-,25-/m0/s1. The Morgan fingerprint density at radius 1 is 0.900 bits per heavy atom. The van der Waals surface area contributed by atoms with Crippen LogP contribution in [0.25, 0.3) is 0 Å². The van der Waals surface area contributed by atoms with E-state index in [0.717, 1.165) is 12.8 Å². The Morgan fingerprint density at radius 2 is 1.47 bits per heavy atom. The molecule has 0 heterocycles. The summed E-state index contributed by atoms with van der Waals surface area (Å²) in [5.41, 5.74) is 0.967. The highest BCUT2D eigenvalue weighted by atomic mass is 16.5. The van der Waals surface area contributed by atoms with Crippen LogP contribution in [0.15, 0.2) is 6.07 Å². The topological polar surface area (TPSA) is 57.2 Å². The maximum Gasteiger partial charge on any atom is 0.170 e. The first-order chi connectivity index (χ1) is 14.2. The Labute approximate surface area is 182 Å². The molecule has 3 rings (SSSR count). The molecule has 5 heteroatoms. The van der Waals surface area contributed by atoms with Crippen molar-refractivity contribution < 1.29 is 24.1 Å². The van der Waals surface area contributed by atoms with E-state index in [0.29, 0.717) is 40.4 Å². The number of aliphatic hydroxyl groups is 1. The number of fused-ring (bicyclic) bond motifs is 1. The maximum absolute atomic E-state index is 12.0. The molecule has 1 aromatic carbocycles. The molecule has 0 spiro atoms. The highest BCUT2D eigenvalue weighted by Crippen LogP contribution is 2.64. The number of hydrogen-bond acceptors (Lipinski definition) is 5. The van der Waals surface area contributed by atoms with Gasteiger partial charge in [0.25, 0.3) is 0 Å². The summed E-state index contributed by atoms with van der Waals surface area (Å²) in [5.74, 6) is 3.19. The van der Waals surface area contributed by atoms with Crippen LogP contribution < -0.4 is 18.9 Å². The summed E-state index contributed by atoms with van der Waals surface area (Å²) >= 11 is 0. The molecular weight excluding hydrogens is 380 g/mol. The third kappa shape index (κ3) is 3.53. The second-order valence-corrected chi connectivity index (χ2v) is 10.2. The molecule has 0 unspecified atom stereocenters. The first-order valence-corrected chi connectivity index (χ1v) is 11.2. The lowest BCUT2D eigenvalue weighted by molar-refractivity contribution is -0.135. The van der Waals surface area contributed by atoms with Gasteiger partial charge in [-0.2, -0.15) is 0 Å². The Morgan fingerprint density at radius 3 is 1.97 bits per heavy atom. The minimum Gasteiger partial charge on any atom is -0.493 e. The van der Waals surface area contributed by atoms with Gasteiger partial charge in [-0.15, -0.1) is 0 Å². The number of rotatable bonds is 6. The van der Waals surface area contributed by atoms with Crippen molar-refractivity contribution >= 4 is 0 Å². The van der Waals surface area contributed by atoms with Crippen LogP contribution >= 0.6 is 0 Å². The fourth-order valence-corrected chi connectivity index (χ4v) is 7.01. The number of aliphatic hydroxyl groups excluding tert-OH is 1. The molecule has 0 radical (unpaired) electrons. The Kier molecular flexibility index (Phi) is 6.52. The van der Waals surface area contributed by atoms with E-state index < -0.39 is 6.10 Å². The fraction of sp³-hybridized carbons (Fsp3) is 0.760. The first-order valence-electron chi connectivity index (χ1n) is 11.2. The number of hydrogen-bond donors (Lipinski definition) is 1. The molecule has 1 N–H and O–H groups in total. The molecule has 2 saturated carbocycles. The third-order valence-electron chi connectivity index (χ3n) is 8.24. The van der Waals surface area contributed by atoms with Crippen molar-refractivity contribution in [3.63, 3.8) is 0 Å². The van der Waals surface area contributed by atoms with Crippen LogP contribution in [0.1, 0.15) is 71.5 Å². The molecule has 30 heavy (non-hydrogen) atoms. The Hall–Kier alpha value is -1.62. The van der Waals surface area contributed by atoms with Gasteiger partial charge >= 0.3 is 0 Å². The molecule has 0 amide bonds. The normalized spacial score (nSPS) is 31.4. The van der Waals surface area contributed by atoms with Gasteiger partial charge in [0.1, 0.15) is 0 Å². The van der Waals surface area contributed by atoms with E-state index in [2.05, 4.69) is 27.7 Å². The van der Waals surface area contributed by atoms with Crippen molar-refractivity contribution in [2.45, 2.75) is 65.9 Å². The van der Waals surface area contributed by atoms with Gasteiger partial charge < -0.3 is 24.1 Å². The summed E-state index contributed by atoms with van der Waals surface area (Å²) in [4.78, 5) is 0. The van der Waals surface area contributed by atoms with Crippen molar-refractivity contribution in [1.29, 1.82) is 0 Å². The average molecular weight is 421 g/mol. The van der Waals surface area contributed by atoms with Crippen LogP contribution in [0.4, 0.5) is 0 Å². The summed E-state index contributed by atoms with van der Waals surface area (Å²) in [6.07, 6.45) is 5.20. The average Bonchev–Trinajstić information content (AvgIpc) is 2.70. The predicted molar refractivity (Wildman–Crippen MR) is 119 cm³/mol. The van der Waals surface area contributed by atoms with Crippen LogP contribution in [-0.2, 0) is 0 Å². The van der Waals surface area contributed by atoms with Gasteiger partial charge in [-0.1, -0.05) is 40.5 Å². The van der Waals surface area contributed by atoms with Gasteiger partial charge in [-0.25, -0.2) is 0 Å². The van der Waals surface area contributed by atoms with E-state index in [-0.39, 0.29) is 16.7 Å². The van der Waals surface area contributed by atoms with E-state index >= 15 is 0 Å². The van der Waals surface area contributed by atoms with Crippen molar-refractivity contribution in [1.82, 2.24) is 0 Å². The first kappa shape index (κ1) is 23.1. The molecular formula is C25H40O5. The molecule has 2 fully saturated rings. The Balaban J connectivity index is 2.18. The second-order valence-electron chi connectivity index (χ2n) is 10.2. The Bertz CT molecular complexity index is 728. The highest BCUT2D eigenvalue weighted by molar-refractivity contribution is 5.62. The quantitative estimate of drug-likeness (QED) is 0.646. The number of benzene rings is 1. The zero-order chi connectivity index (χ0) is 22.3. The van der Waals surface area contributed by atoms with Crippen LogP contribution in [0.3, 0.4) is 0 Å². The van der Waals surface area contributed by atoms with Crippen LogP contribution in [0.5, 0.6) is 23.0 Å². The van der Waals surface area contributed by atoms with Gasteiger partial charge in [0, 0.05) is 6.07 Å². The highest BCUT2D eigenvalue weighted by Gasteiger charge is 2.56. The van der Waals surface area contributed by atoms with Gasteiger partial charge in [0.15, 0.2) is 23.0 Å². The maximum atomic E-state index is 12.0. The lowest BCUT2D eigenvalue weighted by atomic mass is 9.45. The fourth-order valence-electron chi connectivity index (χ4n) is 7.01. The zero-order valence-electron chi connectivity index (χ0n) is 20.0. The molecule has 5 nitrogen and oxygen atoms in total. The van der Waals surface area contributed by atoms with Crippen LogP contribution in [0, 0.1) is 28.6 Å². The van der Waals surface area contributed by atoms with Gasteiger partial charge in [-0.3, -0.25) is 0 Å². The molecule has 2 aliphatic carbocycles. The van der Waals surface area contributed by atoms with E-state index in [4.69, 9.17) is 18.9 Å². The lowest BCUT2D eigenvalue weighted by Gasteiger charge is -2.60. The predicted octanol–water partition coefficient (Wildman–Crippen LogP) is 5.63. The SMILES string of the molecule is COc1cc(OC)c(OC)c([C@H](O)[C@H]2[C@@H](C)CC[C@H]3C(C)(C)CCC[C@]23C)c1OC. The van der Waals surface area contributed by atoms with Gasteiger partial charge in [0.2, 0.25) is 0 Å². The smallest absolute Gasteiger partial charge is 0.170 e. The molecule has 0 aromatic heterocycles. The molecule has 170 valence electrons. The summed E-state index contributed by atoms with van der Waals surface area (Å²) in [5, 5.41) is 12.0. The number of ether oxygens (including phenoxy) is 4. The molecule has 1 aromatic rings. The zero-order valence-corrected chi connectivity index (χ0v) is 20.0. The molecule has 2 aliphatic rings. The lowest BCUT2D eigenvalue weighted by Crippen LogP contribution is -2.52. The molecule has 0 aliphatic heterocycles. The summed E-state index contributed by atoms with van der Waals surface area (Å²) < 4.78 is 22.6. The van der Waals surface area contributed by atoms with E-state index in [1.807, 2.05) is 0 Å². The molecule has 0 saturated heterocycles. The molecule has 5 atom stereocenters. The van der Waals surface area contributed by atoms with E-state index in [9.17, 15) is 5.11 Å². The van der Waals surface area contributed by atoms with E-state index in [1.165, 1.54) is 19.3 Å². The van der Waals surface area contributed by atoms with Crippen LogP contribution in [-0.4, -0.2) is 33.5 Å². The van der Waals surface area contributed by atoms with Gasteiger partial charge in [-0.05, 0) is 47.8 Å². The van der Waals surface area contributed by atoms with Crippen molar-refractivity contribution in [2.75, 3.05) is 28.4 Å². The minimum absolute atomic E-state index is 0.0468. The summed E-state index contributed by atoms with van der Waals surface area (Å²) in [6, 6.07) is 1.76. The molecule has 0 bridgehead atoms. The minimum atomic E-state index is -0.740. The van der Waals surface area contributed by atoms with Gasteiger partial charge in [0.05, 0.1) is 40.1 Å². The van der Waals surface area contributed by atoms with Crippen molar-refractivity contribution in [2.24, 2.45) is 28.6 Å². The van der Waals surface area contributed by atoms with Crippen molar-refractivity contribution in [3.8, 4) is 23.0 Å². The summed E-state index contributed by atoms with van der Waals surface area (Å²) in [7, 11) is 6.42. The van der Waals surface area contributed by atoms with Crippen LogP contribution in [0.2, 0.25) is 0 Å². The van der Waals surface area contributed by atoms with Crippen molar-refractivity contribution in [3.05, 3.63) is 11.6 Å². The third-order valence-corrected chi connectivity index (χ3v) is 8.24. The number of methoxy groups -OCH3 is 4. The second kappa shape index (κ2) is 8.49. The summed E-state index contributed by atoms with van der Waals surface area (Å²) in [6.45, 7) is 9.50. The van der Waals surface area contributed by atoms with E-state index in [1.54, 1.807) is 34.5 Å². The largest absolute Gasteiger partial charge is 0.493 e.